The normalized spacial score (nSPS) is 32.3. The van der Waals surface area contributed by atoms with Crippen LogP contribution >= 0.6 is 0 Å². The Labute approximate surface area is 565 Å². The van der Waals surface area contributed by atoms with Crippen molar-refractivity contribution in [2.75, 3.05) is 33.0 Å². The van der Waals surface area contributed by atoms with Crippen molar-refractivity contribution in [2.45, 2.75) is 354 Å². The number of aliphatic carboxylic acids is 1. The van der Waals surface area contributed by atoms with Crippen molar-refractivity contribution in [2.24, 2.45) is 0 Å². The lowest BCUT2D eigenvalue weighted by molar-refractivity contribution is -0.401. The van der Waals surface area contributed by atoms with Gasteiger partial charge in [-0.05, 0) is 19.3 Å². The van der Waals surface area contributed by atoms with Crippen molar-refractivity contribution < 1.29 is 129 Å². The Morgan fingerprint density at radius 2 is 1.01 bits per heavy atom. The van der Waals surface area contributed by atoms with E-state index in [1.54, 1.807) is 6.08 Å². The highest BCUT2D eigenvalue weighted by Gasteiger charge is 2.61. The van der Waals surface area contributed by atoms with Crippen LogP contribution in [0.2, 0.25) is 0 Å². The van der Waals surface area contributed by atoms with Gasteiger partial charge in [0.1, 0.15) is 91.5 Å². The zero-order chi connectivity index (χ0) is 70.7. The van der Waals surface area contributed by atoms with Crippen molar-refractivity contribution in [1.82, 2.24) is 16.0 Å². The van der Waals surface area contributed by atoms with E-state index in [4.69, 9.17) is 37.9 Å². The smallest absolute Gasteiger partial charge is 0.364 e. The number of aliphatic hydroxyl groups excluding tert-OH is 13. The maximum Gasteiger partial charge on any atom is 0.364 e. The molecule has 0 saturated carbocycles. The molecule has 560 valence electrons. The van der Waals surface area contributed by atoms with Crippen LogP contribution in [0, 0.1) is 0 Å². The fraction of sp³-hybridized carbons (Fsp3) is 0.910. The summed E-state index contributed by atoms with van der Waals surface area (Å²) in [6.45, 7) is 1.73. The molecule has 0 aromatic rings. The molecule has 4 aliphatic heterocycles. The minimum atomic E-state index is -3.28. The molecule has 3 amide bonds. The number of hydrogen-bond acceptors (Lipinski definition) is 25. The molecule has 4 heterocycles. The molecule has 0 radical (unpaired) electrons. The van der Waals surface area contributed by atoms with Crippen LogP contribution in [0.15, 0.2) is 12.2 Å². The third kappa shape index (κ3) is 27.6. The topological polar surface area (TPSA) is 461 Å². The summed E-state index contributed by atoms with van der Waals surface area (Å²) >= 11 is 0. The van der Waals surface area contributed by atoms with Crippen molar-refractivity contribution in [3.8, 4) is 0 Å². The molecular formula is C67H121N3O26. The molecule has 0 aliphatic carbocycles. The molecule has 0 spiro atoms. The summed E-state index contributed by atoms with van der Waals surface area (Å²) in [6, 6.07) is -4.52. The van der Waals surface area contributed by atoms with Crippen LogP contribution in [0.1, 0.15) is 214 Å². The van der Waals surface area contributed by atoms with Crippen LogP contribution in [-0.2, 0) is 57.1 Å². The lowest BCUT2D eigenvalue weighted by atomic mass is 9.88. The summed E-state index contributed by atoms with van der Waals surface area (Å²) in [7, 11) is 0. The lowest BCUT2D eigenvalue weighted by Crippen LogP contribution is -2.72. The van der Waals surface area contributed by atoms with Gasteiger partial charge in [-0.1, -0.05) is 180 Å². The van der Waals surface area contributed by atoms with Crippen molar-refractivity contribution in [3.05, 3.63) is 12.2 Å². The second kappa shape index (κ2) is 46.3. The Morgan fingerprint density at radius 1 is 0.542 bits per heavy atom. The first kappa shape index (κ1) is 85.2. The summed E-state index contributed by atoms with van der Waals surface area (Å²) in [5, 5.41) is 163. The number of allylic oxidation sites excluding steroid dienone is 1. The van der Waals surface area contributed by atoms with E-state index in [1.807, 2.05) is 6.08 Å². The highest BCUT2D eigenvalue weighted by molar-refractivity contribution is 5.77. The second-order valence-corrected chi connectivity index (χ2v) is 26.5. The van der Waals surface area contributed by atoms with E-state index in [-0.39, 0.29) is 12.3 Å². The fourth-order valence-corrected chi connectivity index (χ4v) is 12.8. The van der Waals surface area contributed by atoms with Gasteiger partial charge in [0.15, 0.2) is 18.9 Å². The van der Waals surface area contributed by atoms with Gasteiger partial charge < -0.3 is 125 Å². The van der Waals surface area contributed by atoms with Crippen LogP contribution in [0.25, 0.3) is 0 Å². The van der Waals surface area contributed by atoms with Crippen LogP contribution in [0.4, 0.5) is 0 Å². The predicted molar refractivity (Wildman–Crippen MR) is 346 cm³/mol. The molecular weight excluding hydrogens is 1260 g/mol. The number of aliphatic hydroxyl groups is 13. The number of amides is 3. The minimum Gasteiger partial charge on any atom is -0.477 e. The molecule has 23 atom stereocenters. The van der Waals surface area contributed by atoms with E-state index < -0.39 is 198 Å². The summed E-state index contributed by atoms with van der Waals surface area (Å²) in [4.78, 5) is 51.9. The first-order valence-corrected chi connectivity index (χ1v) is 35.6. The van der Waals surface area contributed by atoms with Gasteiger partial charge in [0.05, 0.1) is 57.3 Å². The number of ether oxygens (including phenoxy) is 8. The Morgan fingerprint density at radius 3 is 1.51 bits per heavy atom. The zero-order valence-corrected chi connectivity index (χ0v) is 57.1. The van der Waals surface area contributed by atoms with Gasteiger partial charge in [-0.15, -0.1) is 0 Å². The summed E-state index contributed by atoms with van der Waals surface area (Å²) < 4.78 is 47.9. The van der Waals surface area contributed by atoms with Gasteiger partial charge in [0.2, 0.25) is 17.7 Å². The largest absolute Gasteiger partial charge is 0.477 e. The maximum absolute atomic E-state index is 13.6. The van der Waals surface area contributed by atoms with E-state index in [0.29, 0.717) is 12.8 Å². The number of carboxylic acid groups (broad SMARTS) is 1. The third-order valence-corrected chi connectivity index (χ3v) is 18.5. The zero-order valence-electron chi connectivity index (χ0n) is 57.1. The SMILES string of the molecule is CCCCCCCCCCCCC/C=C/[C@@H](O)[C@H](CO[C@@H]1O[C@H](CO)[C@@H](O[C@@H]2O[C@H](CO)[C@H](O[C@@H]3O[C@H](CO)[C@H](O)[C@H](O)[C@H]3NC(C)=O)[C@H](O[C@]3(C(=O)O)C[C@H](O)[C@@H](NC(C)=O)[C@H]([C@H](O)[C@H](O)CO)O3)[C@H]2O)[C@H](O)[C@H]1O)NC(=O)CCCCCCCCCCCCCCCCC. The predicted octanol–water partition coefficient (Wildman–Crippen LogP) is 1.13. The number of nitrogens with one attached hydrogen (secondary N) is 3. The summed E-state index contributed by atoms with van der Waals surface area (Å²) in [5.74, 6) is -7.36. The van der Waals surface area contributed by atoms with Gasteiger partial charge in [0, 0.05) is 26.7 Å². The highest BCUT2D eigenvalue weighted by atomic mass is 16.8. The van der Waals surface area contributed by atoms with E-state index in [9.17, 15) is 90.7 Å². The van der Waals surface area contributed by atoms with Crippen LogP contribution in [0.5, 0.6) is 0 Å². The minimum absolute atomic E-state index is 0.162. The quantitative estimate of drug-likeness (QED) is 0.0300. The van der Waals surface area contributed by atoms with E-state index in [1.165, 1.54) is 109 Å². The van der Waals surface area contributed by atoms with Crippen molar-refractivity contribution >= 4 is 23.7 Å². The van der Waals surface area contributed by atoms with Gasteiger partial charge in [-0.25, -0.2) is 4.79 Å². The molecule has 4 aliphatic rings. The number of carbonyl (C=O) groups is 4. The summed E-state index contributed by atoms with van der Waals surface area (Å²) in [6.07, 6.45) is -4.64. The molecule has 0 aromatic carbocycles. The lowest BCUT2D eigenvalue weighted by Gasteiger charge is -2.52. The molecule has 4 fully saturated rings. The van der Waals surface area contributed by atoms with E-state index in [2.05, 4.69) is 29.8 Å². The van der Waals surface area contributed by atoms with Gasteiger partial charge in [-0.3, -0.25) is 14.4 Å². The molecule has 0 bridgehead atoms. The van der Waals surface area contributed by atoms with Crippen LogP contribution in [-0.4, -0.2) is 269 Å². The number of carbonyl (C=O) groups excluding carboxylic acids is 3. The van der Waals surface area contributed by atoms with Crippen molar-refractivity contribution in [1.29, 1.82) is 0 Å². The number of carboxylic acids is 1. The third-order valence-electron chi connectivity index (χ3n) is 18.5. The highest BCUT2D eigenvalue weighted by Crippen LogP contribution is 2.40. The average Bonchev–Trinajstić information content (AvgIpc) is 0.761. The maximum atomic E-state index is 13.6. The Hall–Kier alpha value is -3.22. The van der Waals surface area contributed by atoms with Crippen LogP contribution in [0.3, 0.4) is 0 Å². The first-order chi connectivity index (χ1) is 46.0. The average molecular weight is 1380 g/mol. The van der Waals surface area contributed by atoms with Crippen molar-refractivity contribution in [3.63, 3.8) is 0 Å². The Kier molecular flexibility index (Phi) is 41.1. The number of hydrogen-bond donors (Lipinski definition) is 17. The first-order valence-electron chi connectivity index (χ1n) is 35.6. The van der Waals surface area contributed by atoms with Gasteiger partial charge in [-0.2, -0.15) is 0 Å². The Bertz CT molecular complexity index is 2180. The summed E-state index contributed by atoms with van der Waals surface area (Å²) in [5.41, 5.74) is 0. The van der Waals surface area contributed by atoms with E-state index >= 15 is 0 Å². The standard InChI is InChI=1S/C67H121N3O26/c1-5-7-9-11-13-15-17-19-20-22-24-26-28-30-32-34-50(80)70-43(44(77)33-31-29-27-25-23-21-18-16-14-12-10-8-6-2)40-89-64-57(85)56(84)59(48(38-73)91-64)93-65-58(86)62(60(49(39-74)92-65)94-63-52(69-42(4)76)55(83)54(82)47(37-72)90-63)96-67(66(87)88)35-45(78)51(68-41(3)75)61(95-67)53(81)46(79)36-71/h31,33,43-49,51-65,71-74,77-79,81-86H,5-30,32,34-40H2,1-4H3,(H,68,75)(H,69,76)(H,70,80)(H,87,88)/b33-31+/t43-,44+,45-,46+,47+,48+,49+,51+,52+,53+,54-,55+,56+,57+,58+,59+,60-,61+,62+,63-,64+,65-,67-/m0/s1. The van der Waals surface area contributed by atoms with Crippen LogP contribution < -0.4 is 16.0 Å². The second-order valence-electron chi connectivity index (χ2n) is 26.5. The Balaban J connectivity index is 1.54. The molecule has 4 rings (SSSR count). The van der Waals surface area contributed by atoms with Gasteiger partial charge in [0.25, 0.3) is 5.79 Å². The molecule has 4 saturated heterocycles. The molecule has 96 heavy (non-hydrogen) atoms. The number of rotatable bonds is 49. The van der Waals surface area contributed by atoms with E-state index in [0.717, 1.165) is 65.2 Å². The molecule has 0 aromatic heterocycles. The molecule has 0 unspecified atom stereocenters. The monoisotopic (exact) mass is 1380 g/mol. The molecule has 29 heteroatoms. The van der Waals surface area contributed by atoms with Gasteiger partial charge >= 0.3 is 5.97 Å². The molecule has 29 nitrogen and oxygen atoms in total. The number of unbranched alkanes of at least 4 members (excludes halogenated alkanes) is 25. The molecule has 17 N–H and O–H groups in total. The fourth-order valence-electron chi connectivity index (χ4n) is 12.8.